The van der Waals surface area contributed by atoms with Crippen molar-refractivity contribution in [3.8, 4) is 17.0 Å². The van der Waals surface area contributed by atoms with Crippen molar-refractivity contribution in [2.45, 2.75) is 20.3 Å². The van der Waals surface area contributed by atoms with Crippen molar-refractivity contribution in [3.63, 3.8) is 0 Å². The van der Waals surface area contributed by atoms with Gasteiger partial charge in [0.2, 0.25) is 5.91 Å². The average molecular weight is 395 g/mol. The first-order valence-electron chi connectivity index (χ1n) is 8.93. The summed E-state index contributed by atoms with van der Waals surface area (Å²) in [4.78, 5) is 27.9. The molecule has 1 heterocycles. The van der Waals surface area contributed by atoms with Crippen molar-refractivity contribution >= 4 is 34.0 Å². The Morgan fingerprint density at radius 3 is 2.39 bits per heavy atom. The molecule has 2 amide bonds. The second kappa shape index (κ2) is 9.14. The minimum absolute atomic E-state index is 0.155. The van der Waals surface area contributed by atoms with Crippen LogP contribution in [-0.4, -0.2) is 23.4 Å². The van der Waals surface area contributed by atoms with Gasteiger partial charge in [-0.3, -0.25) is 14.9 Å². The average Bonchev–Trinajstić information content (AvgIpc) is 3.15. The zero-order chi connectivity index (χ0) is 19.9. The van der Waals surface area contributed by atoms with Crippen LogP contribution in [0.3, 0.4) is 0 Å². The van der Waals surface area contributed by atoms with Crippen molar-refractivity contribution in [2.75, 3.05) is 17.2 Å². The van der Waals surface area contributed by atoms with E-state index in [1.54, 1.807) is 24.3 Å². The first-order chi connectivity index (χ1) is 13.5. The molecule has 3 rings (SSSR count). The van der Waals surface area contributed by atoms with Crippen LogP contribution < -0.4 is 15.4 Å². The highest BCUT2D eigenvalue weighted by Gasteiger charge is 2.10. The lowest BCUT2D eigenvalue weighted by atomic mass is 10.2. The molecule has 6 nitrogen and oxygen atoms in total. The zero-order valence-electron chi connectivity index (χ0n) is 15.7. The van der Waals surface area contributed by atoms with Crippen molar-refractivity contribution in [1.82, 2.24) is 4.98 Å². The minimum Gasteiger partial charge on any atom is -0.494 e. The predicted octanol–water partition coefficient (Wildman–Crippen LogP) is 4.81. The number of anilines is 2. The van der Waals surface area contributed by atoms with Crippen LogP contribution in [0.2, 0.25) is 0 Å². The normalized spacial score (nSPS) is 10.4. The van der Waals surface area contributed by atoms with Gasteiger partial charge in [-0.25, -0.2) is 4.98 Å². The third-order valence-electron chi connectivity index (χ3n) is 3.82. The molecule has 0 bridgehead atoms. The van der Waals surface area contributed by atoms with E-state index in [-0.39, 0.29) is 11.8 Å². The summed E-state index contributed by atoms with van der Waals surface area (Å²) in [6, 6.07) is 14.4. The van der Waals surface area contributed by atoms with E-state index in [0.717, 1.165) is 23.4 Å². The van der Waals surface area contributed by atoms with Crippen molar-refractivity contribution < 1.29 is 14.3 Å². The number of hydrogen-bond acceptors (Lipinski definition) is 5. The number of benzene rings is 2. The van der Waals surface area contributed by atoms with E-state index in [1.807, 2.05) is 29.6 Å². The van der Waals surface area contributed by atoms with E-state index >= 15 is 0 Å². The molecule has 28 heavy (non-hydrogen) atoms. The Bertz CT molecular complexity index is 950. The lowest BCUT2D eigenvalue weighted by Crippen LogP contribution is -2.12. The molecule has 0 spiro atoms. The zero-order valence-corrected chi connectivity index (χ0v) is 16.5. The lowest BCUT2D eigenvalue weighted by molar-refractivity contribution is -0.114. The highest BCUT2D eigenvalue weighted by molar-refractivity contribution is 7.14. The molecule has 0 aliphatic carbocycles. The van der Waals surface area contributed by atoms with Gasteiger partial charge < -0.3 is 10.1 Å². The maximum Gasteiger partial charge on any atom is 0.257 e. The molecular formula is C21H21N3O3S. The molecular weight excluding hydrogens is 374 g/mol. The maximum atomic E-state index is 12.4. The summed E-state index contributed by atoms with van der Waals surface area (Å²) in [6.07, 6.45) is 0.965. The van der Waals surface area contributed by atoms with Gasteiger partial charge in [-0.05, 0) is 55.0 Å². The third kappa shape index (κ3) is 5.17. The number of nitrogens with zero attached hydrogens (tertiary/aromatic N) is 1. The molecule has 0 unspecified atom stereocenters. The molecule has 2 aromatic carbocycles. The number of rotatable bonds is 7. The van der Waals surface area contributed by atoms with Crippen molar-refractivity contribution in [1.29, 1.82) is 0 Å². The summed E-state index contributed by atoms with van der Waals surface area (Å²) in [5.41, 5.74) is 2.89. The molecule has 2 N–H and O–H groups in total. The number of thiazole rings is 1. The molecule has 0 atom stereocenters. The number of hydrogen-bond donors (Lipinski definition) is 2. The maximum absolute atomic E-state index is 12.4. The molecule has 0 saturated heterocycles. The summed E-state index contributed by atoms with van der Waals surface area (Å²) in [6.45, 7) is 4.20. The second-order valence-corrected chi connectivity index (χ2v) is 6.98. The Kier molecular flexibility index (Phi) is 6.39. The Morgan fingerprint density at radius 1 is 1.04 bits per heavy atom. The standard InChI is InChI=1S/C21H21N3O3S/c1-3-12-27-18-10-6-15(7-11-18)19-13-28-21(23-19)24-20(26)16-4-8-17(9-5-16)22-14(2)25/h4-11,13H,3,12H2,1-2H3,(H,22,25)(H,23,24,26). The number of aromatic nitrogens is 1. The Balaban J connectivity index is 1.63. The van der Waals surface area contributed by atoms with Gasteiger partial charge in [0.25, 0.3) is 5.91 Å². The number of nitrogens with one attached hydrogen (secondary N) is 2. The fraction of sp³-hybridized carbons (Fsp3) is 0.190. The van der Waals surface area contributed by atoms with E-state index < -0.39 is 0 Å². The number of ether oxygens (including phenoxy) is 1. The van der Waals surface area contributed by atoms with E-state index in [4.69, 9.17) is 4.74 Å². The van der Waals surface area contributed by atoms with Gasteiger partial charge in [0.05, 0.1) is 12.3 Å². The smallest absolute Gasteiger partial charge is 0.257 e. The van der Waals surface area contributed by atoms with Crippen LogP contribution in [-0.2, 0) is 4.79 Å². The van der Waals surface area contributed by atoms with Gasteiger partial charge in [0.1, 0.15) is 5.75 Å². The van der Waals surface area contributed by atoms with Crippen LogP contribution in [0.25, 0.3) is 11.3 Å². The Morgan fingerprint density at radius 2 is 1.75 bits per heavy atom. The second-order valence-electron chi connectivity index (χ2n) is 6.12. The lowest BCUT2D eigenvalue weighted by Gasteiger charge is -2.05. The van der Waals surface area contributed by atoms with Gasteiger partial charge in [0, 0.05) is 29.1 Å². The van der Waals surface area contributed by atoms with Crippen LogP contribution >= 0.6 is 11.3 Å². The molecule has 0 aliphatic rings. The van der Waals surface area contributed by atoms with Crippen LogP contribution in [0.5, 0.6) is 5.75 Å². The van der Waals surface area contributed by atoms with Crippen LogP contribution in [0.15, 0.2) is 53.9 Å². The molecule has 0 saturated carbocycles. The van der Waals surface area contributed by atoms with Crippen molar-refractivity contribution in [2.24, 2.45) is 0 Å². The monoisotopic (exact) mass is 395 g/mol. The molecule has 0 radical (unpaired) electrons. The molecule has 1 aromatic heterocycles. The number of amides is 2. The number of carbonyl (C=O) groups is 2. The summed E-state index contributed by atoms with van der Waals surface area (Å²) in [5, 5.41) is 7.90. The molecule has 7 heteroatoms. The summed E-state index contributed by atoms with van der Waals surface area (Å²) in [5.74, 6) is 0.424. The van der Waals surface area contributed by atoms with Gasteiger partial charge >= 0.3 is 0 Å². The van der Waals surface area contributed by atoms with E-state index in [1.165, 1.54) is 18.3 Å². The molecule has 0 aliphatic heterocycles. The van der Waals surface area contributed by atoms with E-state index in [9.17, 15) is 9.59 Å². The first kappa shape index (κ1) is 19.6. The fourth-order valence-electron chi connectivity index (χ4n) is 2.48. The fourth-order valence-corrected chi connectivity index (χ4v) is 3.20. The Hall–Kier alpha value is -3.19. The van der Waals surface area contributed by atoms with E-state index in [0.29, 0.717) is 23.0 Å². The van der Waals surface area contributed by atoms with Crippen molar-refractivity contribution in [3.05, 3.63) is 59.5 Å². The van der Waals surface area contributed by atoms with Gasteiger partial charge in [-0.1, -0.05) is 6.92 Å². The Labute approximate surface area is 167 Å². The third-order valence-corrected chi connectivity index (χ3v) is 4.57. The first-order valence-corrected chi connectivity index (χ1v) is 9.81. The number of carbonyl (C=O) groups excluding carboxylic acids is 2. The van der Waals surface area contributed by atoms with Gasteiger partial charge in [0.15, 0.2) is 5.13 Å². The quantitative estimate of drug-likeness (QED) is 0.602. The highest BCUT2D eigenvalue weighted by Crippen LogP contribution is 2.27. The van der Waals surface area contributed by atoms with Crippen LogP contribution in [0.4, 0.5) is 10.8 Å². The summed E-state index contributed by atoms with van der Waals surface area (Å²) < 4.78 is 5.58. The van der Waals surface area contributed by atoms with Gasteiger partial charge in [-0.2, -0.15) is 0 Å². The SMILES string of the molecule is CCCOc1ccc(-c2csc(NC(=O)c3ccc(NC(C)=O)cc3)n2)cc1. The topological polar surface area (TPSA) is 80.3 Å². The minimum atomic E-state index is -0.251. The molecule has 144 valence electrons. The van der Waals surface area contributed by atoms with Crippen LogP contribution in [0.1, 0.15) is 30.6 Å². The molecule has 0 fully saturated rings. The van der Waals surface area contributed by atoms with E-state index in [2.05, 4.69) is 22.5 Å². The molecule has 3 aromatic rings. The summed E-state index contributed by atoms with van der Waals surface area (Å²) in [7, 11) is 0. The van der Waals surface area contributed by atoms with Crippen LogP contribution in [0, 0.1) is 0 Å². The summed E-state index contributed by atoms with van der Waals surface area (Å²) >= 11 is 1.37. The predicted molar refractivity (Wildman–Crippen MR) is 112 cm³/mol. The highest BCUT2D eigenvalue weighted by atomic mass is 32.1. The van der Waals surface area contributed by atoms with Gasteiger partial charge in [-0.15, -0.1) is 11.3 Å². The largest absolute Gasteiger partial charge is 0.494 e.